The number of pyridine rings is 1. The van der Waals surface area contributed by atoms with E-state index in [2.05, 4.69) is 30.7 Å². The number of aryl methyl sites for hydroxylation is 1. The van der Waals surface area contributed by atoms with Crippen molar-refractivity contribution in [2.45, 2.75) is 26.3 Å². The lowest BCUT2D eigenvalue weighted by atomic mass is 10.0. The third-order valence-corrected chi connectivity index (χ3v) is 5.37. The Morgan fingerprint density at radius 2 is 1.84 bits per heavy atom. The molecule has 0 unspecified atom stereocenters. The monoisotopic (exact) mass is 452 g/mol. The van der Waals surface area contributed by atoms with Gasteiger partial charge >= 0.3 is 0 Å². The highest BCUT2D eigenvalue weighted by Crippen LogP contribution is 2.31. The Morgan fingerprint density at radius 3 is 2.55 bits per heavy atom. The number of rotatable bonds is 5. The second-order valence-electron chi connectivity index (χ2n) is 7.38. The van der Waals surface area contributed by atoms with Gasteiger partial charge in [0.15, 0.2) is 5.82 Å². The summed E-state index contributed by atoms with van der Waals surface area (Å²) in [7, 11) is 0. The summed E-state index contributed by atoms with van der Waals surface area (Å²) >= 11 is 0. The van der Waals surface area contributed by atoms with Gasteiger partial charge in [0.2, 0.25) is 0 Å². The highest BCUT2D eigenvalue weighted by Gasteiger charge is 2.21. The molecule has 10 heteroatoms. The number of nitrogens with one attached hydrogen (secondary N) is 2. The normalized spacial score (nSPS) is 15.1. The van der Waals surface area contributed by atoms with Gasteiger partial charge in [0.1, 0.15) is 5.82 Å². The van der Waals surface area contributed by atoms with Crippen molar-refractivity contribution < 1.29 is 13.2 Å². The predicted molar refractivity (Wildman–Crippen MR) is 118 cm³/mol. The van der Waals surface area contributed by atoms with Crippen molar-refractivity contribution in [1.82, 2.24) is 20.5 Å². The molecule has 1 aromatic carbocycles. The van der Waals surface area contributed by atoms with Crippen LogP contribution in [0.1, 0.15) is 36.2 Å². The van der Waals surface area contributed by atoms with Gasteiger partial charge in [0, 0.05) is 37.1 Å². The topological polar surface area (TPSA) is 66.0 Å². The van der Waals surface area contributed by atoms with E-state index in [9.17, 15) is 13.2 Å². The van der Waals surface area contributed by atoms with E-state index in [1.165, 1.54) is 12.1 Å². The second kappa shape index (κ2) is 9.65. The number of hydrogen-bond acceptors (Lipinski definition) is 6. The fraction of sp³-hybridized carbons (Fsp3) is 0.381. The molecular weight excluding hydrogens is 429 g/mol. The number of aromatic nitrogens is 3. The Hall–Kier alpha value is -2.65. The Bertz CT molecular complexity index is 1060. The lowest BCUT2D eigenvalue weighted by Gasteiger charge is -2.29. The molecule has 1 fully saturated rings. The zero-order valence-electron chi connectivity index (χ0n) is 17.2. The van der Waals surface area contributed by atoms with Crippen molar-refractivity contribution in [2.24, 2.45) is 0 Å². The maximum Gasteiger partial charge on any atom is 0.266 e. The van der Waals surface area contributed by atoms with E-state index < -0.39 is 23.8 Å². The van der Waals surface area contributed by atoms with Gasteiger partial charge in [-0.2, -0.15) is 5.10 Å². The first kappa shape index (κ1) is 23.0. The molecule has 1 atom stereocenters. The molecule has 2 aromatic heterocycles. The maximum absolute atomic E-state index is 14.6. The summed E-state index contributed by atoms with van der Waals surface area (Å²) < 4.78 is 40.7. The standard InChI is InChI=1S/C21H23F3N6.ClH/c1-12(15-4-3-5-16(18(15)22)20(23)24)27-21-17-10-14(30-8-6-25-7-9-30)11-26-19(17)13(2)28-29-21;/h3-5,10-12,20,25H,6-9H2,1-2H3,(H,27,29);1H/t12-;/m1./s1. The van der Waals surface area contributed by atoms with Crippen LogP contribution in [0, 0.1) is 12.7 Å². The maximum atomic E-state index is 14.6. The molecule has 2 N–H and O–H groups in total. The fourth-order valence-corrected chi connectivity index (χ4v) is 3.71. The van der Waals surface area contributed by atoms with E-state index in [1.807, 2.05) is 19.2 Å². The molecule has 0 bridgehead atoms. The number of halogens is 4. The molecule has 4 rings (SSSR count). The van der Waals surface area contributed by atoms with Crippen molar-refractivity contribution in [1.29, 1.82) is 0 Å². The van der Waals surface area contributed by atoms with Crippen LogP contribution in [0.2, 0.25) is 0 Å². The summed E-state index contributed by atoms with van der Waals surface area (Å²) in [5.74, 6) is -0.467. The molecule has 0 amide bonds. The van der Waals surface area contributed by atoms with Crippen LogP contribution in [0.5, 0.6) is 0 Å². The molecule has 166 valence electrons. The van der Waals surface area contributed by atoms with Gasteiger partial charge in [-0.3, -0.25) is 4.98 Å². The highest BCUT2D eigenvalue weighted by molar-refractivity contribution is 5.92. The van der Waals surface area contributed by atoms with Gasteiger partial charge in [-0.25, -0.2) is 13.2 Å². The third-order valence-electron chi connectivity index (χ3n) is 5.37. The van der Waals surface area contributed by atoms with Crippen molar-refractivity contribution in [3.05, 3.63) is 53.1 Å². The minimum atomic E-state index is -2.87. The number of alkyl halides is 2. The fourth-order valence-electron chi connectivity index (χ4n) is 3.71. The number of hydrogen-bond donors (Lipinski definition) is 2. The van der Waals surface area contributed by atoms with E-state index >= 15 is 0 Å². The first-order chi connectivity index (χ1) is 14.5. The minimum Gasteiger partial charge on any atom is -0.368 e. The highest BCUT2D eigenvalue weighted by atomic mass is 35.5. The molecule has 31 heavy (non-hydrogen) atoms. The quantitative estimate of drug-likeness (QED) is 0.597. The molecule has 0 saturated carbocycles. The molecule has 0 radical (unpaired) electrons. The summed E-state index contributed by atoms with van der Waals surface area (Å²) in [5, 5.41) is 15.6. The summed E-state index contributed by atoms with van der Waals surface area (Å²) in [6.45, 7) is 7.06. The van der Waals surface area contributed by atoms with Crippen LogP contribution in [-0.2, 0) is 0 Å². The van der Waals surface area contributed by atoms with E-state index in [0.717, 1.165) is 43.3 Å². The van der Waals surface area contributed by atoms with Crippen LogP contribution in [0.25, 0.3) is 10.9 Å². The SMILES string of the molecule is Cc1nnc(N[C@H](C)c2cccc(C(F)F)c2F)c2cc(N3CCNCC3)cnc12.Cl. The van der Waals surface area contributed by atoms with Gasteiger partial charge in [-0.05, 0) is 19.9 Å². The largest absolute Gasteiger partial charge is 0.368 e. The molecular formula is C21H24ClF3N6. The van der Waals surface area contributed by atoms with Crippen molar-refractivity contribution in [3.63, 3.8) is 0 Å². The minimum absolute atomic E-state index is 0. The van der Waals surface area contributed by atoms with Crippen LogP contribution >= 0.6 is 12.4 Å². The van der Waals surface area contributed by atoms with Crippen LogP contribution in [0.4, 0.5) is 24.7 Å². The zero-order valence-corrected chi connectivity index (χ0v) is 18.0. The van der Waals surface area contributed by atoms with Crippen LogP contribution in [-0.4, -0.2) is 41.4 Å². The van der Waals surface area contributed by atoms with Crippen molar-refractivity contribution in [2.75, 3.05) is 36.4 Å². The van der Waals surface area contributed by atoms with E-state index in [1.54, 1.807) is 6.92 Å². The molecule has 0 spiro atoms. The lowest BCUT2D eigenvalue weighted by molar-refractivity contribution is 0.146. The van der Waals surface area contributed by atoms with Crippen LogP contribution < -0.4 is 15.5 Å². The van der Waals surface area contributed by atoms with E-state index in [0.29, 0.717) is 17.0 Å². The number of fused-ring (bicyclic) bond motifs is 1. The van der Waals surface area contributed by atoms with Gasteiger partial charge in [-0.15, -0.1) is 17.5 Å². The molecule has 1 aliphatic heterocycles. The molecule has 6 nitrogen and oxygen atoms in total. The molecule has 3 aromatic rings. The molecule has 0 aliphatic carbocycles. The van der Waals surface area contributed by atoms with Crippen LogP contribution in [0.3, 0.4) is 0 Å². The van der Waals surface area contributed by atoms with Crippen LogP contribution in [0.15, 0.2) is 30.5 Å². The van der Waals surface area contributed by atoms with E-state index in [4.69, 9.17) is 0 Å². The summed E-state index contributed by atoms with van der Waals surface area (Å²) in [4.78, 5) is 6.81. The number of nitrogens with zero attached hydrogens (tertiary/aromatic N) is 4. The molecule has 1 saturated heterocycles. The first-order valence-corrected chi connectivity index (χ1v) is 9.87. The Kier molecular flexibility index (Phi) is 7.17. The van der Waals surface area contributed by atoms with E-state index in [-0.39, 0.29) is 18.0 Å². The van der Waals surface area contributed by atoms with Gasteiger partial charge in [-0.1, -0.05) is 18.2 Å². The Labute approximate surface area is 184 Å². The number of benzene rings is 1. The van der Waals surface area contributed by atoms with Crippen molar-refractivity contribution >= 4 is 34.8 Å². The summed E-state index contributed by atoms with van der Waals surface area (Å²) in [6.07, 6.45) is -1.05. The van der Waals surface area contributed by atoms with Gasteiger partial charge < -0.3 is 15.5 Å². The summed E-state index contributed by atoms with van der Waals surface area (Å²) in [6, 6.07) is 5.43. The molecule has 3 heterocycles. The average molecular weight is 453 g/mol. The smallest absolute Gasteiger partial charge is 0.266 e. The third kappa shape index (κ3) is 4.67. The predicted octanol–water partition coefficient (Wildman–Crippen LogP) is 4.41. The van der Waals surface area contributed by atoms with Gasteiger partial charge in [0.25, 0.3) is 6.43 Å². The number of piperazine rings is 1. The zero-order chi connectivity index (χ0) is 21.3. The van der Waals surface area contributed by atoms with Gasteiger partial charge in [0.05, 0.1) is 34.7 Å². The first-order valence-electron chi connectivity index (χ1n) is 9.87. The molecule has 1 aliphatic rings. The Morgan fingerprint density at radius 1 is 1.13 bits per heavy atom. The Balaban J connectivity index is 0.00000272. The average Bonchev–Trinajstić information content (AvgIpc) is 2.76. The second-order valence-corrected chi connectivity index (χ2v) is 7.38. The summed E-state index contributed by atoms with van der Waals surface area (Å²) in [5.41, 5.74) is 1.89. The lowest BCUT2D eigenvalue weighted by Crippen LogP contribution is -2.43. The van der Waals surface area contributed by atoms with Crippen molar-refractivity contribution in [3.8, 4) is 0 Å². The number of anilines is 2.